The van der Waals surface area contributed by atoms with Crippen molar-refractivity contribution in [1.82, 2.24) is 5.43 Å². The first-order valence-corrected chi connectivity index (χ1v) is 11.4. The zero-order valence-corrected chi connectivity index (χ0v) is 20.9. The van der Waals surface area contributed by atoms with Gasteiger partial charge in [-0.25, -0.2) is 5.43 Å². The fraction of sp³-hybridized carbons (Fsp3) is 0.0455. The molecule has 2 N–H and O–H groups in total. The molecule has 0 aliphatic carbocycles. The van der Waals surface area contributed by atoms with Crippen LogP contribution in [0.15, 0.2) is 74.7 Å². The number of hydrogen-bond donors (Lipinski definition) is 2. The minimum atomic E-state index is -0.361. The average molecular weight is 600 g/mol. The van der Waals surface area contributed by atoms with Crippen molar-refractivity contribution in [1.29, 1.82) is 0 Å². The van der Waals surface area contributed by atoms with Gasteiger partial charge in [0.1, 0.15) is 5.75 Å². The summed E-state index contributed by atoms with van der Waals surface area (Å²) in [5.74, 6) is -0.269. The van der Waals surface area contributed by atoms with Crippen LogP contribution in [-0.4, -0.2) is 24.6 Å². The van der Waals surface area contributed by atoms with Gasteiger partial charge in [-0.15, -0.1) is 0 Å². The standard InChI is InChI=1S/C22H15Br2Cl2N3O3/c23-16-9-13(11-27-29-22(31)14-5-7-15(25)8-6-14)10-17(24)21(16)32-12-20(30)28-19-4-2-1-3-18(19)26/h1-11H,12H2,(H,28,30)(H,29,31)/b27-11+. The molecule has 0 fully saturated rings. The topological polar surface area (TPSA) is 79.8 Å². The van der Waals surface area contributed by atoms with Crippen LogP contribution < -0.4 is 15.5 Å². The van der Waals surface area contributed by atoms with E-state index >= 15 is 0 Å². The van der Waals surface area contributed by atoms with Crippen molar-refractivity contribution in [2.75, 3.05) is 11.9 Å². The Balaban J connectivity index is 1.59. The third kappa shape index (κ3) is 6.80. The first-order chi connectivity index (χ1) is 15.3. The van der Waals surface area contributed by atoms with Gasteiger partial charge in [-0.2, -0.15) is 5.10 Å². The molecule has 3 aromatic carbocycles. The highest BCUT2D eigenvalue weighted by atomic mass is 79.9. The number of halogens is 4. The zero-order chi connectivity index (χ0) is 23.1. The molecule has 0 aliphatic rings. The normalized spacial score (nSPS) is 10.8. The van der Waals surface area contributed by atoms with Crippen molar-refractivity contribution in [2.24, 2.45) is 5.10 Å². The Morgan fingerprint density at radius 3 is 2.31 bits per heavy atom. The molecule has 32 heavy (non-hydrogen) atoms. The number of hydrogen-bond acceptors (Lipinski definition) is 4. The molecule has 0 radical (unpaired) electrons. The number of ether oxygens (including phenoxy) is 1. The molecular formula is C22H15Br2Cl2N3O3. The lowest BCUT2D eigenvalue weighted by Crippen LogP contribution is -2.20. The first-order valence-electron chi connectivity index (χ1n) is 9.08. The highest BCUT2D eigenvalue weighted by molar-refractivity contribution is 9.11. The van der Waals surface area contributed by atoms with E-state index in [0.717, 1.165) is 0 Å². The average Bonchev–Trinajstić information content (AvgIpc) is 2.75. The molecule has 0 aromatic heterocycles. The Hall–Kier alpha value is -2.39. The fourth-order valence-corrected chi connectivity index (χ4v) is 4.27. The highest BCUT2D eigenvalue weighted by Gasteiger charge is 2.12. The van der Waals surface area contributed by atoms with Crippen LogP contribution in [0.25, 0.3) is 0 Å². The van der Waals surface area contributed by atoms with Crippen molar-refractivity contribution < 1.29 is 14.3 Å². The molecule has 2 amide bonds. The van der Waals surface area contributed by atoms with Gasteiger partial charge in [-0.3, -0.25) is 9.59 Å². The molecular weight excluding hydrogens is 585 g/mol. The number of anilines is 1. The number of amides is 2. The summed E-state index contributed by atoms with van der Waals surface area (Å²) < 4.78 is 6.83. The molecule has 10 heteroatoms. The Morgan fingerprint density at radius 2 is 1.66 bits per heavy atom. The van der Waals surface area contributed by atoms with Crippen molar-refractivity contribution in [3.63, 3.8) is 0 Å². The second kappa shape index (κ2) is 11.5. The number of nitrogens with zero attached hydrogens (tertiary/aromatic N) is 1. The second-order valence-corrected chi connectivity index (χ2v) is 8.89. The summed E-state index contributed by atoms with van der Waals surface area (Å²) in [6.45, 7) is -0.215. The molecule has 0 bridgehead atoms. The predicted molar refractivity (Wildman–Crippen MR) is 134 cm³/mol. The maximum atomic E-state index is 12.2. The van der Waals surface area contributed by atoms with E-state index in [4.69, 9.17) is 27.9 Å². The van der Waals surface area contributed by atoms with Crippen molar-refractivity contribution in [3.8, 4) is 5.75 Å². The minimum absolute atomic E-state index is 0.215. The molecule has 0 unspecified atom stereocenters. The molecule has 3 rings (SSSR count). The zero-order valence-electron chi connectivity index (χ0n) is 16.2. The summed E-state index contributed by atoms with van der Waals surface area (Å²) in [6, 6.07) is 16.9. The van der Waals surface area contributed by atoms with Crippen LogP contribution in [0.3, 0.4) is 0 Å². The molecule has 0 saturated carbocycles. The Bertz CT molecular complexity index is 1150. The smallest absolute Gasteiger partial charge is 0.271 e. The van der Waals surface area contributed by atoms with E-state index < -0.39 is 0 Å². The lowest BCUT2D eigenvalue weighted by atomic mass is 10.2. The van der Waals surface area contributed by atoms with Gasteiger partial charge in [0, 0.05) is 10.6 Å². The van der Waals surface area contributed by atoms with Crippen molar-refractivity contribution in [3.05, 3.63) is 90.8 Å². The number of nitrogens with one attached hydrogen (secondary N) is 2. The van der Waals surface area contributed by atoms with Gasteiger partial charge >= 0.3 is 0 Å². The molecule has 164 valence electrons. The molecule has 0 saturated heterocycles. The summed E-state index contributed by atoms with van der Waals surface area (Å²) in [5, 5.41) is 7.64. The van der Waals surface area contributed by atoms with Crippen LogP contribution in [-0.2, 0) is 4.79 Å². The van der Waals surface area contributed by atoms with Gasteiger partial charge in [-0.05, 0) is 86.0 Å². The highest BCUT2D eigenvalue weighted by Crippen LogP contribution is 2.34. The molecule has 0 heterocycles. The van der Waals surface area contributed by atoms with Crippen LogP contribution in [0.2, 0.25) is 10.0 Å². The lowest BCUT2D eigenvalue weighted by molar-refractivity contribution is -0.118. The van der Waals surface area contributed by atoms with Gasteiger partial charge in [-0.1, -0.05) is 35.3 Å². The van der Waals surface area contributed by atoms with E-state index in [0.29, 0.717) is 41.6 Å². The van der Waals surface area contributed by atoms with Crippen molar-refractivity contribution >= 4 is 78.8 Å². The van der Waals surface area contributed by atoms with Crippen LogP contribution in [0.5, 0.6) is 5.75 Å². The monoisotopic (exact) mass is 597 g/mol. The summed E-state index contributed by atoms with van der Waals surface area (Å²) >= 11 is 18.7. The van der Waals surface area contributed by atoms with E-state index in [2.05, 4.69) is 47.7 Å². The number of carbonyl (C=O) groups is 2. The van der Waals surface area contributed by atoms with Crippen molar-refractivity contribution in [2.45, 2.75) is 0 Å². The number of rotatable bonds is 7. The third-order valence-corrected chi connectivity index (χ3v) is 5.76. The number of carbonyl (C=O) groups excluding carboxylic acids is 2. The van der Waals surface area contributed by atoms with Gasteiger partial charge < -0.3 is 10.1 Å². The summed E-state index contributed by atoms with van der Waals surface area (Å²) in [5.41, 5.74) is 4.08. The molecule has 0 atom stereocenters. The van der Waals surface area contributed by atoms with Gasteiger partial charge in [0.15, 0.2) is 6.61 Å². The molecule has 6 nitrogen and oxygen atoms in total. The third-order valence-electron chi connectivity index (χ3n) is 4.00. The fourth-order valence-electron chi connectivity index (χ4n) is 2.51. The Labute approximate surface area is 211 Å². The number of hydrazone groups is 1. The summed E-state index contributed by atoms with van der Waals surface area (Å²) in [6.07, 6.45) is 1.48. The first kappa shape index (κ1) is 24.3. The largest absolute Gasteiger partial charge is 0.481 e. The maximum Gasteiger partial charge on any atom is 0.271 e. The lowest BCUT2D eigenvalue weighted by Gasteiger charge is -2.12. The SMILES string of the molecule is O=C(COc1c(Br)cc(/C=N/NC(=O)c2ccc(Cl)cc2)cc1Br)Nc1ccccc1Cl. The van der Waals surface area contributed by atoms with Gasteiger partial charge in [0.25, 0.3) is 11.8 Å². The van der Waals surface area contributed by atoms with Crippen LogP contribution in [0, 0.1) is 0 Å². The van der Waals surface area contributed by atoms with Crippen LogP contribution in [0.4, 0.5) is 5.69 Å². The Kier molecular flexibility index (Phi) is 8.69. The van der Waals surface area contributed by atoms with Crippen LogP contribution >= 0.6 is 55.1 Å². The van der Waals surface area contributed by atoms with E-state index in [1.165, 1.54) is 6.21 Å². The molecule has 0 aliphatic heterocycles. The van der Waals surface area contributed by atoms with E-state index in [1.54, 1.807) is 60.7 Å². The molecule has 3 aromatic rings. The summed E-state index contributed by atoms with van der Waals surface area (Å²) in [7, 11) is 0. The van der Waals surface area contributed by atoms with E-state index in [9.17, 15) is 9.59 Å². The van der Waals surface area contributed by atoms with Crippen LogP contribution in [0.1, 0.15) is 15.9 Å². The maximum absolute atomic E-state index is 12.2. The molecule has 0 spiro atoms. The number of para-hydroxylation sites is 1. The van der Waals surface area contributed by atoms with E-state index in [1.807, 2.05) is 0 Å². The Morgan fingerprint density at radius 1 is 1.00 bits per heavy atom. The quantitative estimate of drug-likeness (QED) is 0.247. The minimum Gasteiger partial charge on any atom is -0.481 e. The van der Waals surface area contributed by atoms with E-state index in [-0.39, 0.29) is 18.4 Å². The summed E-state index contributed by atoms with van der Waals surface area (Å²) in [4.78, 5) is 24.3. The second-order valence-electron chi connectivity index (χ2n) is 6.34. The van der Waals surface area contributed by atoms with Gasteiger partial charge in [0.05, 0.1) is 25.9 Å². The number of benzene rings is 3. The predicted octanol–water partition coefficient (Wildman–Crippen LogP) is 6.30. The van der Waals surface area contributed by atoms with Gasteiger partial charge in [0.2, 0.25) is 0 Å².